The first-order valence-electron chi connectivity index (χ1n) is 10.8. The number of nitrogens with two attached hydrogens (primary N) is 1. The highest BCUT2D eigenvalue weighted by Gasteiger charge is 2.32. The van der Waals surface area contributed by atoms with E-state index >= 15 is 0 Å². The van der Waals surface area contributed by atoms with Crippen LogP contribution < -0.4 is 15.4 Å². The molecule has 8 nitrogen and oxygen atoms in total. The molecule has 0 saturated heterocycles. The Morgan fingerprint density at radius 3 is 2.84 bits per heavy atom. The first-order valence-corrected chi connectivity index (χ1v) is 10.8. The molecular formula is C23H28N6O2. The minimum atomic E-state index is 0.0504. The summed E-state index contributed by atoms with van der Waals surface area (Å²) in [6, 6.07) is 7.39. The van der Waals surface area contributed by atoms with Gasteiger partial charge in [0.15, 0.2) is 11.7 Å². The van der Waals surface area contributed by atoms with E-state index in [-0.39, 0.29) is 6.10 Å². The Morgan fingerprint density at radius 1 is 1.29 bits per heavy atom. The van der Waals surface area contributed by atoms with Crippen molar-refractivity contribution in [2.45, 2.75) is 51.7 Å². The van der Waals surface area contributed by atoms with Gasteiger partial charge in [0.1, 0.15) is 11.5 Å². The van der Waals surface area contributed by atoms with E-state index in [2.05, 4.69) is 10.00 Å². The molecule has 3 N–H and O–H groups in total. The van der Waals surface area contributed by atoms with E-state index in [1.165, 1.54) is 12.8 Å². The van der Waals surface area contributed by atoms with Crippen LogP contribution in [0.5, 0.6) is 5.75 Å². The number of oxazole rings is 1. The lowest BCUT2D eigenvalue weighted by Gasteiger charge is -2.24. The van der Waals surface area contributed by atoms with Crippen molar-refractivity contribution in [2.24, 2.45) is 7.05 Å². The van der Waals surface area contributed by atoms with Gasteiger partial charge in [-0.15, -0.1) is 0 Å². The largest absolute Gasteiger partial charge is 0.491 e. The zero-order chi connectivity index (χ0) is 21.7. The van der Waals surface area contributed by atoms with E-state index in [0.29, 0.717) is 40.9 Å². The maximum atomic E-state index is 8.79. The minimum absolute atomic E-state index is 0.0504. The van der Waals surface area contributed by atoms with E-state index < -0.39 is 0 Å². The van der Waals surface area contributed by atoms with Crippen molar-refractivity contribution in [2.75, 3.05) is 17.2 Å². The number of hydrogen-bond acceptors (Lipinski definition) is 7. The molecule has 1 saturated carbocycles. The summed E-state index contributed by atoms with van der Waals surface area (Å²) >= 11 is 0. The van der Waals surface area contributed by atoms with Gasteiger partial charge >= 0.3 is 0 Å². The predicted molar refractivity (Wildman–Crippen MR) is 119 cm³/mol. The number of aromatic nitrogens is 3. The van der Waals surface area contributed by atoms with Crippen molar-refractivity contribution in [3.8, 4) is 5.75 Å². The van der Waals surface area contributed by atoms with Crippen molar-refractivity contribution in [3.05, 3.63) is 52.9 Å². The molecule has 162 valence electrons. The number of ether oxygens (including phenoxy) is 1. The molecule has 0 radical (unpaired) electrons. The Labute approximate surface area is 181 Å². The normalized spacial score (nSPS) is 15.9. The summed E-state index contributed by atoms with van der Waals surface area (Å²) in [4.78, 5) is 6.87. The molecule has 8 heteroatoms. The molecule has 3 aromatic rings. The highest BCUT2D eigenvalue weighted by atomic mass is 16.5. The highest BCUT2D eigenvalue weighted by Crippen LogP contribution is 2.41. The third-order valence-corrected chi connectivity index (χ3v) is 5.79. The summed E-state index contributed by atoms with van der Waals surface area (Å²) in [6.07, 6.45) is 3.26. The quantitative estimate of drug-likeness (QED) is 0.466. The van der Waals surface area contributed by atoms with Crippen LogP contribution in [0.1, 0.15) is 61.2 Å². The molecule has 31 heavy (non-hydrogen) atoms. The summed E-state index contributed by atoms with van der Waals surface area (Å²) in [5.74, 6) is 3.88. The Kier molecular flexibility index (Phi) is 4.72. The zero-order valence-electron chi connectivity index (χ0n) is 18.2. The average Bonchev–Trinajstić information content (AvgIpc) is 3.38. The smallest absolute Gasteiger partial charge is 0.197 e. The maximum Gasteiger partial charge on any atom is 0.197 e. The number of anilines is 2. The van der Waals surface area contributed by atoms with Crippen LogP contribution in [0, 0.1) is 5.41 Å². The van der Waals surface area contributed by atoms with Crippen LogP contribution in [-0.4, -0.2) is 33.1 Å². The van der Waals surface area contributed by atoms with Crippen molar-refractivity contribution in [3.63, 3.8) is 0 Å². The molecule has 0 amide bonds. The van der Waals surface area contributed by atoms with Crippen LogP contribution >= 0.6 is 0 Å². The fourth-order valence-corrected chi connectivity index (χ4v) is 3.99. The van der Waals surface area contributed by atoms with Crippen molar-refractivity contribution in [1.82, 2.24) is 14.8 Å². The highest BCUT2D eigenvalue weighted by molar-refractivity contribution is 6.13. The van der Waals surface area contributed by atoms with Gasteiger partial charge in [-0.05, 0) is 44.9 Å². The lowest BCUT2D eigenvalue weighted by Crippen LogP contribution is -2.30. The van der Waals surface area contributed by atoms with Gasteiger partial charge in [-0.25, -0.2) is 4.98 Å². The fourth-order valence-electron chi connectivity index (χ4n) is 3.99. The molecule has 0 unspecified atom stereocenters. The summed E-state index contributed by atoms with van der Waals surface area (Å²) in [5, 5.41) is 13.5. The number of rotatable bonds is 6. The van der Waals surface area contributed by atoms with Crippen molar-refractivity contribution >= 4 is 17.2 Å². The standard InChI is InChI=1S/C23H28N6O2/c1-13(2)30-15-6-7-17(24)16(10-15)22(25)19-11-21(27-28(19)3)29-9-8-18-20(12-29)31-23(26-18)14-4-5-14/h6-7,10-11,13-14,25H,4-5,8-9,12,24H2,1-3H3. The van der Waals surface area contributed by atoms with Crippen LogP contribution in [0.2, 0.25) is 0 Å². The predicted octanol–water partition coefficient (Wildman–Crippen LogP) is 3.63. The van der Waals surface area contributed by atoms with Crippen LogP contribution in [0.15, 0.2) is 28.7 Å². The second kappa shape index (κ2) is 7.44. The summed E-state index contributed by atoms with van der Waals surface area (Å²) in [5.41, 5.74) is 9.47. The van der Waals surface area contributed by atoms with Gasteiger partial charge in [-0.2, -0.15) is 5.10 Å². The van der Waals surface area contributed by atoms with Crippen LogP contribution in [0.25, 0.3) is 0 Å². The molecule has 0 atom stereocenters. The molecule has 2 aliphatic rings. The van der Waals surface area contributed by atoms with Gasteiger partial charge in [-0.3, -0.25) is 10.1 Å². The lowest BCUT2D eigenvalue weighted by atomic mass is 10.0. The zero-order valence-corrected chi connectivity index (χ0v) is 18.2. The Hall–Kier alpha value is -3.29. The second-order valence-electron chi connectivity index (χ2n) is 8.67. The number of nitrogen functional groups attached to an aromatic ring is 1. The van der Waals surface area contributed by atoms with Crippen molar-refractivity contribution < 1.29 is 9.15 Å². The van der Waals surface area contributed by atoms with E-state index in [1.807, 2.05) is 39.1 Å². The SMILES string of the molecule is CC(C)Oc1ccc(N)c(C(=N)c2cc(N3CCc4nc(C5CC5)oc4C3)nn2C)c1. The van der Waals surface area contributed by atoms with Gasteiger partial charge in [0.2, 0.25) is 0 Å². The lowest BCUT2D eigenvalue weighted by molar-refractivity contribution is 0.242. The molecule has 3 heterocycles. The Balaban J connectivity index is 1.39. The average molecular weight is 421 g/mol. The van der Waals surface area contributed by atoms with Crippen LogP contribution in [-0.2, 0) is 20.0 Å². The Bertz CT molecular complexity index is 1140. The molecule has 0 bridgehead atoms. The van der Waals surface area contributed by atoms with E-state index in [9.17, 15) is 0 Å². The summed E-state index contributed by atoms with van der Waals surface area (Å²) in [7, 11) is 1.85. The topological polar surface area (TPSA) is 106 Å². The van der Waals surface area contributed by atoms with Crippen LogP contribution in [0.4, 0.5) is 11.5 Å². The molecule has 0 spiro atoms. The number of aryl methyl sites for hydroxylation is 1. The molecule has 1 aromatic carbocycles. The van der Waals surface area contributed by atoms with Gasteiger partial charge in [0.05, 0.1) is 29.7 Å². The monoisotopic (exact) mass is 420 g/mol. The number of benzene rings is 1. The first-order chi connectivity index (χ1) is 14.9. The van der Waals surface area contributed by atoms with Gasteiger partial charge in [0, 0.05) is 43.2 Å². The maximum absolute atomic E-state index is 8.79. The van der Waals surface area contributed by atoms with Crippen molar-refractivity contribution in [1.29, 1.82) is 5.41 Å². The Morgan fingerprint density at radius 2 is 2.10 bits per heavy atom. The third-order valence-electron chi connectivity index (χ3n) is 5.79. The summed E-state index contributed by atoms with van der Waals surface area (Å²) < 4.78 is 13.6. The van der Waals surface area contributed by atoms with Gasteiger partial charge in [0.25, 0.3) is 0 Å². The third kappa shape index (κ3) is 3.78. The number of hydrogen-bond donors (Lipinski definition) is 2. The molecule has 5 rings (SSSR count). The van der Waals surface area contributed by atoms with Gasteiger partial charge < -0.3 is 19.8 Å². The van der Waals surface area contributed by atoms with Gasteiger partial charge in [-0.1, -0.05) is 0 Å². The number of nitrogens with zero attached hydrogens (tertiary/aromatic N) is 4. The summed E-state index contributed by atoms with van der Waals surface area (Å²) in [6.45, 7) is 5.42. The first kappa shape index (κ1) is 19.7. The molecular weight excluding hydrogens is 392 g/mol. The van der Waals surface area contributed by atoms with Crippen LogP contribution in [0.3, 0.4) is 0 Å². The second-order valence-corrected chi connectivity index (χ2v) is 8.67. The molecule has 1 fully saturated rings. The fraction of sp³-hybridized carbons (Fsp3) is 0.435. The van der Waals surface area contributed by atoms with E-state index in [0.717, 1.165) is 36.1 Å². The minimum Gasteiger partial charge on any atom is -0.491 e. The van der Waals surface area contributed by atoms with E-state index in [1.54, 1.807) is 10.7 Å². The number of nitrogens with one attached hydrogen (secondary N) is 1. The number of fused-ring (bicyclic) bond motifs is 1. The molecule has 2 aromatic heterocycles. The molecule has 1 aliphatic heterocycles. The molecule has 1 aliphatic carbocycles. The van der Waals surface area contributed by atoms with E-state index in [4.69, 9.17) is 25.3 Å².